The van der Waals surface area contributed by atoms with E-state index in [1.54, 1.807) is 19.5 Å². The maximum absolute atomic E-state index is 5.89. The number of hydrogen-bond donors (Lipinski definition) is 0. The van der Waals surface area contributed by atoms with E-state index in [1.807, 2.05) is 50.2 Å². The van der Waals surface area contributed by atoms with E-state index in [2.05, 4.69) is 9.97 Å². The molecule has 0 radical (unpaired) electrons. The summed E-state index contributed by atoms with van der Waals surface area (Å²) in [5, 5.41) is 2.01. The summed E-state index contributed by atoms with van der Waals surface area (Å²) in [6, 6.07) is 11.8. The largest absolute Gasteiger partial charge is 0.497 e. The third kappa shape index (κ3) is 2.86. The van der Waals surface area contributed by atoms with Crippen LogP contribution in [0.3, 0.4) is 0 Å². The van der Waals surface area contributed by atoms with Gasteiger partial charge in [0.2, 0.25) is 5.88 Å². The summed E-state index contributed by atoms with van der Waals surface area (Å²) in [5.41, 5.74) is 1.80. The van der Waals surface area contributed by atoms with Crippen LogP contribution in [0.4, 0.5) is 0 Å². The zero-order chi connectivity index (χ0) is 15.5. The minimum atomic E-state index is 0.0574. The number of rotatable bonds is 4. The quantitative estimate of drug-likeness (QED) is 0.727. The lowest BCUT2D eigenvalue weighted by Gasteiger charge is -2.14. The zero-order valence-corrected chi connectivity index (χ0v) is 12.9. The van der Waals surface area contributed by atoms with Gasteiger partial charge >= 0.3 is 0 Å². The monoisotopic (exact) mass is 294 g/mol. The molecule has 0 bridgehead atoms. The van der Waals surface area contributed by atoms with Gasteiger partial charge in [-0.2, -0.15) is 0 Å². The molecular formula is C18H18N2O2. The number of nitrogens with zero attached hydrogens (tertiary/aromatic N) is 2. The van der Waals surface area contributed by atoms with Gasteiger partial charge in [-0.05, 0) is 55.6 Å². The molecule has 0 aliphatic carbocycles. The molecule has 0 unspecified atom stereocenters. The first kappa shape index (κ1) is 14.3. The average molecular weight is 294 g/mol. The molecule has 112 valence electrons. The molecule has 0 saturated heterocycles. The van der Waals surface area contributed by atoms with E-state index in [9.17, 15) is 0 Å². The molecule has 0 spiro atoms. The van der Waals surface area contributed by atoms with Crippen molar-refractivity contribution in [2.45, 2.75) is 20.0 Å². The van der Waals surface area contributed by atoms with Crippen LogP contribution in [0, 0.1) is 0 Å². The van der Waals surface area contributed by atoms with E-state index in [4.69, 9.17) is 9.47 Å². The lowest BCUT2D eigenvalue weighted by atomic mass is 10.1. The van der Waals surface area contributed by atoms with Gasteiger partial charge in [-0.25, -0.2) is 4.98 Å². The Balaban J connectivity index is 2.21. The van der Waals surface area contributed by atoms with Crippen LogP contribution in [0.1, 0.15) is 13.8 Å². The van der Waals surface area contributed by atoms with Gasteiger partial charge in [-0.15, -0.1) is 0 Å². The Morgan fingerprint density at radius 1 is 1.09 bits per heavy atom. The van der Waals surface area contributed by atoms with Crippen LogP contribution in [0.25, 0.3) is 22.0 Å². The fourth-order valence-electron chi connectivity index (χ4n) is 2.31. The van der Waals surface area contributed by atoms with Gasteiger partial charge in [-0.3, -0.25) is 4.98 Å². The molecule has 0 N–H and O–H groups in total. The second-order valence-electron chi connectivity index (χ2n) is 5.31. The van der Waals surface area contributed by atoms with Crippen molar-refractivity contribution in [3.8, 4) is 22.9 Å². The molecule has 2 heterocycles. The standard InChI is InChI=1S/C18H18N2O2/c1-12(2)22-18-16-7-6-15(21-3)9-14(16)10-17(20-18)13-5-4-8-19-11-13/h4-12H,1-3H3. The number of pyridine rings is 2. The minimum Gasteiger partial charge on any atom is -0.497 e. The van der Waals surface area contributed by atoms with Gasteiger partial charge in [0.1, 0.15) is 5.75 Å². The number of aromatic nitrogens is 2. The van der Waals surface area contributed by atoms with Crippen molar-refractivity contribution in [1.82, 2.24) is 9.97 Å². The fraction of sp³-hybridized carbons (Fsp3) is 0.222. The molecule has 3 rings (SSSR count). The number of methoxy groups -OCH3 is 1. The number of fused-ring (bicyclic) bond motifs is 1. The fourth-order valence-corrected chi connectivity index (χ4v) is 2.31. The molecule has 0 aliphatic heterocycles. The molecule has 0 saturated carbocycles. The van der Waals surface area contributed by atoms with Crippen LogP contribution in [-0.4, -0.2) is 23.2 Å². The first-order valence-electron chi connectivity index (χ1n) is 7.23. The van der Waals surface area contributed by atoms with Crippen molar-refractivity contribution < 1.29 is 9.47 Å². The Morgan fingerprint density at radius 2 is 1.95 bits per heavy atom. The maximum Gasteiger partial charge on any atom is 0.222 e. The Kier molecular flexibility index (Phi) is 3.92. The second-order valence-corrected chi connectivity index (χ2v) is 5.31. The Morgan fingerprint density at radius 3 is 2.64 bits per heavy atom. The zero-order valence-electron chi connectivity index (χ0n) is 12.9. The number of ether oxygens (including phenoxy) is 2. The van der Waals surface area contributed by atoms with Gasteiger partial charge in [0, 0.05) is 23.3 Å². The predicted molar refractivity (Wildman–Crippen MR) is 87.3 cm³/mol. The van der Waals surface area contributed by atoms with Gasteiger partial charge in [0.05, 0.1) is 18.9 Å². The molecule has 22 heavy (non-hydrogen) atoms. The SMILES string of the molecule is COc1ccc2c(OC(C)C)nc(-c3cccnc3)cc2c1. The van der Waals surface area contributed by atoms with E-state index < -0.39 is 0 Å². The van der Waals surface area contributed by atoms with E-state index in [1.165, 1.54) is 0 Å². The average Bonchev–Trinajstić information content (AvgIpc) is 2.54. The molecule has 0 amide bonds. The lowest BCUT2D eigenvalue weighted by molar-refractivity contribution is 0.236. The maximum atomic E-state index is 5.89. The molecule has 4 nitrogen and oxygen atoms in total. The molecule has 0 fully saturated rings. The second kappa shape index (κ2) is 6.02. The van der Waals surface area contributed by atoms with Gasteiger partial charge in [0.25, 0.3) is 0 Å². The highest BCUT2D eigenvalue weighted by Gasteiger charge is 2.11. The molecule has 4 heteroatoms. The topological polar surface area (TPSA) is 44.2 Å². The molecule has 1 aromatic carbocycles. The number of hydrogen-bond acceptors (Lipinski definition) is 4. The van der Waals surface area contributed by atoms with Crippen molar-refractivity contribution in [2.75, 3.05) is 7.11 Å². The van der Waals surface area contributed by atoms with Gasteiger partial charge < -0.3 is 9.47 Å². The van der Waals surface area contributed by atoms with Crippen LogP contribution in [0.5, 0.6) is 11.6 Å². The van der Waals surface area contributed by atoms with Crippen molar-refractivity contribution in [3.05, 3.63) is 48.8 Å². The predicted octanol–water partition coefficient (Wildman–Crippen LogP) is 4.09. The summed E-state index contributed by atoms with van der Waals surface area (Å²) in [4.78, 5) is 8.82. The highest BCUT2D eigenvalue weighted by Crippen LogP contribution is 2.31. The molecular weight excluding hydrogens is 276 g/mol. The molecule has 0 atom stereocenters. The van der Waals surface area contributed by atoms with E-state index in [0.717, 1.165) is 27.8 Å². The molecule has 0 aliphatic rings. The van der Waals surface area contributed by atoms with Crippen molar-refractivity contribution in [1.29, 1.82) is 0 Å². The molecule has 3 aromatic rings. The van der Waals surface area contributed by atoms with Crippen molar-refractivity contribution in [3.63, 3.8) is 0 Å². The van der Waals surface area contributed by atoms with Crippen molar-refractivity contribution >= 4 is 10.8 Å². The lowest BCUT2D eigenvalue weighted by Crippen LogP contribution is -2.07. The Labute approximate surface area is 129 Å². The highest BCUT2D eigenvalue weighted by molar-refractivity contribution is 5.91. The molecule has 2 aromatic heterocycles. The van der Waals surface area contributed by atoms with Crippen molar-refractivity contribution in [2.24, 2.45) is 0 Å². The van der Waals surface area contributed by atoms with Crippen LogP contribution < -0.4 is 9.47 Å². The summed E-state index contributed by atoms with van der Waals surface area (Å²) >= 11 is 0. The van der Waals surface area contributed by atoms with Crippen LogP contribution in [0.15, 0.2) is 48.8 Å². The third-order valence-corrected chi connectivity index (χ3v) is 3.31. The number of benzene rings is 1. The third-order valence-electron chi connectivity index (χ3n) is 3.31. The minimum absolute atomic E-state index is 0.0574. The van der Waals surface area contributed by atoms with Crippen LogP contribution >= 0.6 is 0 Å². The van der Waals surface area contributed by atoms with Gasteiger partial charge in [-0.1, -0.05) is 0 Å². The summed E-state index contributed by atoms with van der Waals surface area (Å²) in [6.07, 6.45) is 3.61. The van der Waals surface area contributed by atoms with Gasteiger partial charge in [0.15, 0.2) is 0 Å². The van der Waals surface area contributed by atoms with Crippen LogP contribution in [-0.2, 0) is 0 Å². The van der Waals surface area contributed by atoms with Crippen LogP contribution in [0.2, 0.25) is 0 Å². The smallest absolute Gasteiger partial charge is 0.222 e. The first-order valence-corrected chi connectivity index (χ1v) is 7.23. The summed E-state index contributed by atoms with van der Waals surface area (Å²) in [5.74, 6) is 1.44. The Hall–Kier alpha value is -2.62. The Bertz CT molecular complexity index is 786. The van der Waals surface area contributed by atoms with E-state index in [0.29, 0.717) is 5.88 Å². The summed E-state index contributed by atoms with van der Waals surface area (Å²) < 4.78 is 11.2. The first-order chi connectivity index (χ1) is 10.7. The normalized spacial score (nSPS) is 10.9. The van der Waals surface area contributed by atoms with E-state index >= 15 is 0 Å². The highest BCUT2D eigenvalue weighted by atomic mass is 16.5. The summed E-state index contributed by atoms with van der Waals surface area (Å²) in [7, 11) is 1.66. The van der Waals surface area contributed by atoms with E-state index in [-0.39, 0.29) is 6.10 Å². The summed E-state index contributed by atoms with van der Waals surface area (Å²) in [6.45, 7) is 3.99.